The number of aromatic amines is 1. The normalized spacial score (nSPS) is 20.1. The zero-order valence-corrected chi connectivity index (χ0v) is 15.9. The molecule has 0 saturated carbocycles. The van der Waals surface area contributed by atoms with Crippen LogP contribution in [0.15, 0.2) is 66.9 Å². The Morgan fingerprint density at radius 1 is 1.11 bits per heavy atom. The van der Waals surface area contributed by atoms with Gasteiger partial charge in [-0.2, -0.15) is 5.10 Å². The Labute approximate surface area is 164 Å². The maximum absolute atomic E-state index is 13.4. The van der Waals surface area contributed by atoms with Crippen molar-refractivity contribution in [3.8, 4) is 5.75 Å². The summed E-state index contributed by atoms with van der Waals surface area (Å²) in [5.41, 5.74) is 3.37. The first-order chi connectivity index (χ1) is 13.7. The molecule has 144 valence electrons. The first-order valence-electron chi connectivity index (χ1n) is 9.51. The van der Waals surface area contributed by atoms with Crippen molar-refractivity contribution in [2.24, 2.45) is 0 Å². The molecule has 3 aromatic rings. The second-order valence-corrected chi connectivity index (χ2v) is 7.14. The molecule has 28 heavy (non-hydrogen) atoms. The number of ether oxygens (including phenoxy) is 1. The van der Waals surface area contributed by atoms with Crippen LogP contribution in [-0.4, -0.2) is 41.8 Å². The van der Waals surface area contributed by atoms with Gasteiger partial charge in [-0.3, -0.25) is 10.00 Å². The second-order valence-electron chi connectivity index (χ2n) is 7.14. The van der Waals surface area contributed by atoms with E-state index in [1.807, 2.05) is 42.5 Å². The van der Waals surface area contributed by atoms with Crippen molar-refractivity contribution in [2.75, 3.05) is 26.7 Å². The molecule has 0 radical (unpaired) electrons. The average Bonchev–Trinajstić information content (AvgIpc) is 3.39. The Morgan fingerprint density at radius 2 is 1.89 bits per heavy atom. The zero-order valence-electron chi connectivity index (χ0n) is 15.9. The van der Waals surface area contributed by atoms with Gasteiger partial charge in [0.05, 0.1) is 7.11 Å². The van der Waals surface area contributed by atoms with Gasteiger partial charge >= 0.3 is 0 Å². The third kappa shape index (κ3) is 3.99. The van der Waals surface area contributed by atoms with Crippen LogP contribution in [0.25, 0.3) is 6.08 Å². The predicted octanol–water partition coefficient (Wildman–Crippen LogP) is 4.45. The Kier molecular flexibility index (Phi) is 5.53. The standard InChI is InChI=1S/C23H24FN3O/c1-28-23-7-3-2-5-18(23)6-4-14-27-15-20(17-8-10-19(24)11-9-17)21(16-27)22-12-13-25-26-22/h2-13,20-21H,14-16H2,1H3,(H,25,26)/b6-4+/t20-,21+/m1/s1. The summed E-state index contributed by atoms with van der Waals surface area (Å²) in [6, 6.07) is 16.9. The first kappa shape index (κ1) is 18.4. The molecule has 0 aliphatic carbocycles. The molecule has 1 aliphatic heterocycles. The number of nitrogens with zero attached hydrogens (tertiary/aromatic N) is 2. The van der Waals surface area contributed by atoms with E-state index in [-0.39, 0.29) is 5.82 Å². The lowest BCUT2D eigenvalue weighted by Crippen LogP contribution is -2.20. The van der Waals surface area contributed by atoms with Crippen LogP contribution in [0.2, 0.25) is 0 Å². The van der Waals surface area contributed by atoms with Gasteiger partial charge in [0.2, 0.25) is 0 Å². The molecule has 4 nitrogen and oxygen atoms in total. The number of rotatable bonds is 6. The van der Waals surface area contributed by atoms with Gasteiger partial charge < -0.3 is 4.74 Å². The van der Waals surface area contributed by atoms with Crippen LogP contribution in [0.3, 0.4) is 0 Å². The van der Waals surface area contributed by atoms with Crippen LogP contribution < -0.4 is 4.74 Å². The summed E-state index contributed by atoms with van der Waals surface area (Å²) in [7, 11) is 1.69. The summed E-state index contributed by atoms with van der Waals surface area (Å²) >= 11 is 0. The van der Waals surface area contributed by atoms with Crippen molar-refractivity contribution in [2.45, 2.75) is 11.8 Å². The third-order valence-electron chi connectivity index (χ3n) is 5.42. The molecule has 1 saturated heterocycles. The van der Waals surface area contributed by atoms with Gasteiger partial charge in [0.1, 0.15) is 11.6 Å². The molecule has 1 fully saturated rings. The van der Waals surface area contributed by atoms with Gasteiger partial charge in [-0.05, 0) is 29.8 Å². The number of aromatic nitrogens is 2. The average molecular weight is 377 g/mol. The molecule has 2 heterocycles. The third-order valence-corrected chi connectivity index (χ3v) is 5.42. The van der Waals surface area contributed by atoms with Crippen molar-refractivity contribution in [3.63, 3.8) is 0 Å². The molecule has 2 aromatic carbocycles. The molecule has 0 spiro atoms. The highest BCUT2D eigenvalue weighted by Gasteiger charge is 2.35. The first-order valence-corrected chi connectivity index (χ1v) is 9.51. The van der Waals surface area contributed by atoms with E-state index in [9.17, 15) is 4.39 Å². The SMILES string of the molecule is COc1ccccc1/C=C/CN1C[C@H](c2ccc(F)cc2)[C@@H](c2ccn[nH]2)C1. The molecule has 4 rings (SSSR count). The number of likely N-dealkylation sites (tertiary alicyclic amines) is 1. The minimum Gasteiger partial charge on any atom is -0.496 e. The molecule has 1 N–H and O–H groups in total. The number of benzene rings is 2. The topological polar surface area (TPSA) is 41.1 Å². The molecule has 1 aromatic heterocycles. The van der Waals surface area contributed by atoms with Crippen LogP contribution >= 0.6 is 0 Å². The van der Waals surface area contributed by atoms with E-state index in [0.29, 0.717) is 11.8 Å². The molecular formula is C23H24FN3O. The predicted molar refractivity (Wildman–Crippen MR) is 109 cm³/mol. The number of para-hydroxylation sites is 1. The Morgan fingerprint density at radius 3 is 2.64 bits per heavy atom. The summed E-state index contributed by atoms with van der Waals surface area (Å²) in [4.78, 5) is 2.42. The van der Waals surface area contributed by atoms with Crippen LogP contribution in [0.5, 0.6) is 5.75 Å². The highest BCUT2D eigenvalue weighted by Crippen LogP contribution is 2.38. The van der Waals surface area contributed by atoms with Gasteiger partial charge in [-0.15, -0.1) is 0 Å². The van der Waals surface area contributed by atoms with Crippen LogP contribution in [0.4, 0.5) is 4.39 Å². The lowest BCUT2D eigenvalue weighted by Gasteiger charge is -2.17. The van der Waals surface area contributed by atoms with Crippen LogP contribution in [-0.2, 0) is 0 Å². The highest BCUT2D eigenvalue weighted by atomic mass is 19.1. The number of hydrogen-bond acceptors (Lipinski definition) is 3. The van der Waals surface area contributed by atoms with Gasteiger partial charge in [0.25, 0.3) is 0 Å². The molecule has 5 heteroatoms. The smallest absolute Gasteiger partial charge is 0.126 e. The summed E-state index contributed by atoms with van der Waals surface area (Å²) in [6.07, 6.45) is 6.07. The largest absolute Gasteiger partial charge is 0.496 e. The quantitative estimate of drug-likeness (QED) is 0.690. The molecule has 0 amide bonds. The van der Waals surface area contributed by atoms with Gasteiger partial charge in [0, 0.05) is 48.9 Å². The maximum atomic E-state index is 13.4. The number of methoxy groups -OCH3 is 1. The minimum absolute atomic E-state index is 0.198. The van der Waals surface area contributed by atoms with Crippen molar-refractivity contribution in [1.82, 2.24) is 15.1 Å². The number of H-pyrrole nitrogens is 1. The van der Waals surface area contributed by atoms with Crippen LogP contribution in [0.1, 0.15) is 28.7 Å². The van der Waals surface area contributed by atoms with Crippen molar-refractivity contribution in [1.29, 1.82) is 0 Å². The fourth-order valence-corrected chi connectivity index (χ4v) is 4.00. The van der Waals surface area contributed by atoms with E-state index < -0.39 is 0 Å². The Hall–Kier alpha value is -2.92. The van der Waals surface area contributed by atoms with Crippen molar-refractivity contribution >= 4 is 6.08 Å². The maximum Gasteiger partial charge on any atom is 0.126 e. The van der Waals surface area contributed by atoms with E-state index in [4.69, 9.17) is 4.74 Å². The summed E-state index contributed by atoms with van der Waals surface area (Å²) in [6.45, 7) is 2.70. The number of halogens is 1. The fourth-order valence-electron chi connectivity index (χ4n) is 4.00. The summed E-state index contributed by atoms with van der Waals surface area (Å²) in [5.74, 6) is 1.30. The van der Waals surface area contributed by atoms with Crippen LogP contribution in [0, 0.1) is 5.82 Å². The highest BCUT2D eigenvalue weighted by molar-refractivity contribution is 5.57. The fraction of sp³-hybridized carbons (Fsp3) is 0.261. The summed E-state index contributed by atoms with van der Waals surface area (Å²) < 4.78 is 18.8. The lowest BCUT2D eigenvalue weighted by atomic mass is 9.87. The van der Waals surface area contributed by atoms with E-state index in [2.05, 4.69) is 27.2 Å². The summed E-state index contributed by atoms with van der Waals surface area (Å²) in [5, 5.41) is 7.25. The molecular weight excluding hydrogens is 353 g/mol. The van der Waals surface area contributed by atoms with E-state index in [0.717, 1.165) is 42.2 Å². The molecule has 0 bridgehead atoms. The van der Waals surface area contributed by atoms with Gasteiger partial charge in [-0.25, -0.2) is 4.39 Å². The van der Waals surface area contributed by atoms with Gasteiger partial charge in [-0.1, -0.05) is 42.5 Å². The number of hydrogen-bond donors (Lipinski definition) is 1. The lowest BCUT2D eigenvalue weighted by molar-refractivity contribution is 0.368. The van der Waals surface area contributed by atoms with E-state index in [1.165, 1.54) is 0 Å². The Balaban J connectivity index is 1.50. The molecule has 2 atom stereocenters. The van der Waals surface area contributed by atoms with E-state index >= 15 is 0 Å². The zero-order chi connectivity index (χ0) is 19.3. The second kappa shape index (κ2) is 8.40. The van der Waals surface area contributed by atoms with Crippen molar-refractivity contribution < 1.29 is 9.13 Å². The van der Waals surface area contributed by atoms with E-state index in [1.54, 1.807) is 25.4 Å². The number of nitrogens with one attached hydrogen (secondary N) is 1. The van der Waals surface area contributed by atoms with Crippen molar-refractivity contribution in [3.05, 3.63) is 89.5 Å². The minimum atomic E-state index is -0.198. The molecule has 1 aliphatic rings. The van der Waals surface area contributed by atoms with Gasteiger partial charge in [0.15, 0.2) is 0 Å². The monoisotopic (exact) mass is 377 g/mol. The molecule has 0 unspecified atom stereocenters. The Bertz CT molecular complexity index is 921.